The van der Waals surface area contributed by atoms with Gasteiger partial charge >= 0.3 is 0 Å². The third-order valence-corrected chi connectivity index (χ3v) is 2.84. The molecule has 0 aromatic heterocycles. The maximum absolute atomic E-state index is 12.7. The Hall–Kier alpha value is -0.930. The highest BCUT2D eigenvalue weighted by molar-refractivity contribution is 5.19. The van der Waals surface area contributed by atoms with Gasteiger partial charge in [0.2, 0.25) is 0 Å². The lowest BCUT2D eigenvalue weighted by Crippen LogP contribution is -2.12. The van der Waals surface area contributed by atoms with Crippen molar-refractivity contribution >= 4 is 0 Å². The SMILES string of the molecule is NCCC1CCC(c2ccc(F)cc2)O1. The Morgan fingerprint density at radius 2 is 2.00 bits per heavy atom. The molecule has 0 saturated carbocycles. The molecule has 1 fully saturated rings. The van der Waals surface area contributed by atoms with Gasteiger partial charge < -0.3 is 10.5 Å². The smallest absolute Gasteiger partial charge is 0.123 e. The minimum Gasteiger partial charge on any atom is -0.370 e. The lowest BCUT2D eigenvalue weighted by Gasteiger charge is -2.13. The van der Waals surface area contributed by atoms with Crippen molar-refractivity contribution in [3.05, 3.63) is 35.6 Å². The minimum atomic E-state index is -0.199. The van der Waals surface area contributed by atoms with Gasteiger partial charge in [0, 0.05) is 0 Å². The maximum Gasteiger partial charge on any atom is 0.123 e. The molecule has 15 heavy (non-hydrogen) atoms. The van der Waals surface area contributed by atoms with Gasteiger partial charge in [0.15, 0.2) is 0 Å². The fourth-order valence-corrected chi connectivity index (χ4v) is 2.03. The quantitative estimate of drug-likeness (QED) is 0.829. The molecule has 1 heterocycles. The molecular formula is C12H16FNO. The second-order valence-electron chi connectivity index (χ2n) is 3.95. The number of halogens is 1. The highest BCUT2D eigenvalue weighted by Crippen LogP contribution is 2.33. The summed E-state index contributed by atoms with van der Waals surface area (Å²) >= 11 is 0. The predicted molar refractivity (Wildman–Crippen MR) is 56.9 cm³/mol. The van der Waals surface area contributed by atoms with Gasteiger partial charge in [-0.3, -0.25) is 0 Å². The zero-order chi connectivity index (χ0) is 10.7. The summed E-state index contributed by atoms with van der Waals surface area (Å²) in [5.41, 5.74) is 6.55. The summed E-state index contributed by atoms with van der Waals surface area (Å²) < 4.78 is 18.5. The summed E-state index contributed by atoms with van der Waals surface area (Å²) in [5.74, 6) is -0.199. The first-order valence-electron chi connectivity index (χ1n) is 5.40. The Kier molecular flexibility index (Phi) is 3.34. The summed E-state index contributed by atoms with van der Waals surface area (Å²) in [6.45, 7) is 0.667. The van der Waals surface area contributed by atoms with Crippen LogP contribution in [0.3, 0.4) is 0 Å². The fraction of sp³-hybridized carbons (Fsp3) is 0.500. The molecule has 82 valence electrons. The van der Waals surface area contributed by atoms with Gasteiger partial charge in [-0.15, -0.1) is 0 Å². The van der Waals surface area contributed by atoms with Gasteiger partial charge in [0.1, 0.15) is 5.82 Å². The van der Waals surface area contributed by atoms with Crippen molar-refractivity contribution in [2.45, 2.75) is 31.5 Å². The fourth-order valence-electron chi connectivity index (χ4n) is 2.03. The number of ether oxygens (including phenoxy) is 1. The lowest BCUT2D eigenvalue weighted by atomic mass is 10.1. The molecule has 2 atom stereocenters. The van der Waals surface area contributed by atoms with E-state index in [9.17, 15) is 4.39 Å². The van der Waals surface area contributed by atoms with Crippen LogP contribution in [0.5, 0.6) is 0 Å². The van der Waals surface area contributed by atoms with Crippen molar-refractivity contribution < 1.29 is 9.13 Å². The van der Waals surface area contributed by atoms with Crippen molar-refractivity contribution in [2.75, 3.05) is 6.54 Å². The molecule has 2 nitrogen and oxygen atoms in total. The average molecular weight is 209 g/mol. The Labute approximate surface area is 89.2 Å². The number of hydrogen-bond acceptors (Lipinski definition) is 2. The first-order chi connectivity index (χ1) is 7.29. The monoisotopic (exact) mass is 209 g/mol. The lowest BCUT2D eigenvalue weighted by molar-refractivity contribution is 0.0414. The van der Waals surface area contributed by atoms with Gasteiger partial charge in [0.05, 0.1) is 12.2 Å². The van der Waals surface area contributed by atoms with E-state index in [-0.39, 0.29) is 18.0 Å². The third-order valence-electron chi connectivity index (χ3n) is 2.84. The molecule has 2 unspecified atom stereocenters. The van der Waals surface area contributed by atoms with E-state index in [4.69, 9.17) is 10.5 Å². The van der Waals surface area contributed by atoms with Crippen LogP contribution in [0.1, 0.15) is 30.9 Å². The number of benzene rings is 1. The summed E-state index contributed by atoms with van der Waals surface area (Å²) in [6, 6.07) is 6.56. The first-order valence-corrected chi connectivity index (χ1v) is 5.40. The summed E-state index contributed by atoms with van der Waals surface area (Å²) in [5, 5.41) is 0. The van der Waals surface area contributed by atoms with Gasteiger partial charge in [-0.1, -0.05) is 12.1 Å². The highest BCUT2D eigenvalue weighted by Gasteiger charge is 2.25. The predicted octanol–water partition coefficient (Wildman–Crippen LogP) is 2.39. The highest BCUT2D eigenvalue weighted by atomic mass is 19.1. The van der Waals surface area contributed by atoms with Gasteiger partial charge in [-0.05, 0) is 43.5 Å². The molecule has 0 bridgehead atoms. The summed E-state index contributed by atoms with van der Waals surface area (Å²) in [7, 11) is 0. The average Bonchev–Trinajstić information content (AvgIpc) is 2.68. The second-order valence-corrected chi connectivity index (χ2v) is 3.95. The molecule has 2 N–H and O–H groups in total. The van der Waals surface area contributed by atoms with Crippen LogP contribution in [-0.4, -0.2) is 12.6 Å². The molecular weight excluding hydrogens is 193 g/mol. The second kappa shape index (κ2) is 4.73. The van der Waals surface area contributed by atoms with Crippen LogP contribution in [0.25, 0.3) is 0 Å². The van der Waals surface area contributed by atoms with Crippen LogP contribution in [0.4, 0.5) is 4.39 Å². The van der Waals surface area contributed by atoms with E-state index in [1.54, 1.807) is 12.1 Å². The van der Waals surface area contributed by atoms with E-state index in [1.807, 2.05) is 0 Å². The Balaban J connectivity index is 1.98. The molecule has 3 heteroatoms. The maximum atomic E-state index is 12.7. The molecule has 1 aromatic rings. The van der Waals surface area contributed by atoms with Gasteiger partial charge in [-0.2, -0.15) is 0 Å². The number of nitrogens with two attached hydrogens (primary N) is 1. The number of rotatable bonds is 3. The molecule has 0 spiro atoms. The van der Waals surface area contributed by atoms with Crippen molar-refractivity contribution in [2.24, 2.45) is 5.73 Å². The standard InChI is InChI=1S/C12H16FNO/c13-10-3-1-9(2-4-10)12-6-5-11(15-12)7-8-14/h1-4,11-12H,5-8,14H2. The minimum absolute atomic E-state index is 0.127. The van der Waals surface area contributed by atoms with Crippen LogP contribution in [0, 0.1) is 5.82 Å². The third kappa shape index (κ3) is 2.55. The topological polar surface area (TPSA) is 35.2 Å². The van der Waals surface area contributed by atoms with Crippen LogP contribution in [-0.2, 0) is 4.74 Å². The number of hydrogen-bond donors (Lipinski definition) is 1. The van der Waals surface area contributed by atoms with E-state index in [0.717, 1.165) is 24.8 Å². The van der Waals surface area contributed by atoms with Crippen molar-refractivity contribution in [3.8, 4) is 0 Å². The van der Waals surface area contributed by atoms with E-state index in [2.05, 4.69) is 0 Å². The molecule has 0 aliphatic carbocycles. The summed E-state index contributed by atoms with van der Waals surface area (Å²) in [4.78, 5) is 0. The zero-order valence-electron chi connectivity index (χ0n) is 8.66. The van der Waals surface area contributed by atoms with Crippen molar-refractivity contribution in [1.82, 2.24) is 0 Å². The summed E-state index contributed by atoms with van der Waals surface area (Å²) in [6.07, 6.45) is 3.39. The molecule has 1 aromatic carbocycles. The van der Waals surface area contributed by atoms with Crippen molar-refractivity contribution in [1.29, 1.82) is 0 Å². The van der Waals surface area contributed by atoms with Gasteiger partial charge in [0.25, 0.3) is 0 Å². The zero-order valence-corrected chi connectivity index (χ0v) is 8.66. The largest absolute Gasteiger partial charge is 0.370 e. The Morgan fingerprint density at radius 1 is 1.27 bits per heavy atom. The Morgan fingerprint density at radius 3 is 2.67 bits per heavy atom. The van der Waals surface area contributed by atoms with Gasteiger partial charge in [-0.25, -0.2) is 4.39 Å². The normalized spacial score (nSPS) is 25.7. The van der Waals surface area contributed by atoms with Crippen LogP contribution in [0.15, 0.2) is 24.3 Å². The first kappa shape index (κ1) is 10.6. The molecule has 0 amide bonds. The van der Waals surface area contributed by atoms with Crippen LogP contribution < -0.4 is 5.73 Å². The van der Waals surface area contributed by atoms with E-state index < -0.39 is 0 Å². The molecule has 1 saturated heterocycles. The Bertz CT molecular complexity index is 312. The molecule has 0 radical (unpaired) electrons. The van der Waals surface area contributed by atoms with Crippen LogP contribution >= 0.6 is 0 Å². The van der Waals surface area contributed by atoms with E-state index in [1.165, 1.54) is 12.1 Å². The molecule has 1 aliphatic heterocycles. The van der Waals surface area contributed by atoms with Crippen molar-refractivity contribution in [3.63, 3.8) is 0 Å². The van der Waals surface area contributed by atoms with E-state index in [0.29, 0.717) is 6.54 Å². The molecule has 1 aliphatic rings. The van der Waals surface area contributed by atoms with E-state index >= 15 is 0 Å². The molecule has 2 rings (SSSR count). The van der Waals surface area contributed by atoms with Crippen LogP contribution in [0.2, 0.25) is 0 Å².